The molecule has 0 radical (unpaired) electrons. The maximum Gasteiger partial charge on any atom is 0.309 e. The van der Waals surface area contributed by atoms with E-state index in [-0.39, 0.29) is 11.9 Å². The molecule has 1 atom stereocenters. The zero-order valence-electron chi connectivity index (χ0n) is 7.80. The highest BCUT2D eigenvalue weighted by atomic mass is 16.5. The van der Waals surface area contributed by atoms with E-state index in [1.165, 1.54) is 5.57 Å². The van der Waals surface area contributed by atoms with Gasteiger partial charge in [-0.25, -0.2) is 0 Å². The first-order valence-electron chi connectivity index (χ1n) is 4.50. The van der Waals surface area contributed by atoms with Crippen LogP contribution in [0.3, 0.4) is 0 Å². The number of allylic oxidation sites excluding steroid dienone is 2. The van der Waals surface area contributed by atoms with Crippen LogP contribution in [0.4, 0.5) is 0 Å². The molecular formula is C10H16O2. The van der Waals surface area contributed by atoms with Gasteiger partial charge in [-0.15, -0.1) is 0 Å². The Morgan fingerprint density at radius 3 is 3.00 bits per heavy atom. The van der Waals surface area contributed by atoms with Gasteiger partial charge in [0, 0.05) is 0 Å². The highest BCUT2D eigenvalue weighted by molar-refractivity contribution is 5.73. The lowest BCUT2D eigenvalue weighted by Gasteiger charge is -2.19. The van der Waals surface area contributed by atoms with Crippen LogP contribution in [0.5, 0.6) is 0 Å². The van der Waals surface area contributed by atoms with E-state index in [4.69, 9.17) is 4.74 Å². The van der Waals surface area contributed by atoms with Crippen molar-refractivity contribution >= 4 is 5.97 Å². The number of hydrogen-bond donors (Lipinski definition) is 0. The molecule has 2 heteroatoms. The average molecular weight is 168 g/mol. The second-order valence-corrected chi connectivity index (χ2v) is 3.52. The number of hydrogen-bond acceptors (Lipinski definition) is 2. The minimum atomic E-state index is -0.0150. The van der Waals surface area contributed by atoms with Crippen molar-refractivity contribution in [2.45, 2.75) is 33.1 Å². The maximum absolute atomic E-state index is 11.2. The van der Waals surface area contributed by atoms with Gasteiger partial charge in [-0.05, 0) is 33.1 Å². The summed E-state index contributed by atoms with van der Waals surface area (Å²) in [6.45, 7) is 4.71. The van der Waals surface area contributed by atoms with Gasteiger partial charge in [-0.1, -0.05) is 11.6 Å². The summed E-state index contributed by atoms with van der Waals surface area (Å²) >= 11 is 0. The molecule has 1 fully saturated rings. The Kier molecular flexibility index (Phi) is 3.32. The largest absolute Gasteiger partial charge is 0.465 e. The fourth-order valence-corrected chi connectivity index (χ4v) is 1.33. The molecule has 1 aliphatic heterocycles. The topological polar surface area (TPSA) is 26.3 Å². The van der Waals surface area contributed by atoms with Gasteiger partial charge in [0.2, 0.25) is 0 Å². The number of ether oxygens (including phenoxy) is 1. The van der Waals surface area contributed by atoms with E-state index in [2.05, 4.69) is 6.08 Å². The molecule has 0 aromatic carbocycles. The van der Waals surface area contributed by atoms with Crippen molar-refractivity contribution in [3.63, 3.8) is 0 Å². The molecule has 0 spiro atoms. The summed E-state index contributed by atoms with van der Waals surface area (Å²) in [5.41, 5.74) is 1.27. The molecule has 0 bridgehead atoms. The van der Waals surface area contributed by atoms with Crippen molar-refractivity contribution in [2.24, 2.45) is 5.92 Å². The van der Waals surface area contributed by atoms with Crippen LogP contribution < -0.4 is 0 Å². The van der Waals surface area contributed by atoms with E-state index < -0.39 is 0 Å². The van der Waals surface area contributed by atoms with Crippen LogP contribution in [0.2, 0.25) is 0 Å². The fraction of sp³-hybridized carbons (Fsp3) is 0.700. The van der Waals surface area contributed by atoms with E-state index >= 15 is 0 Å². The first-order chi connectivity index (χ1) is 5.70. The Bertz CT molecular complexity index is 190. The fourth-order valence-electron chi connectivity index (χ4n) is 1.33. The minimum Gasteiger partial charge on any atom is -0.465 e. The predicted octanol–water partition coefficient (Wildman–Crippen LogP) is 2.30. The number of esters is 1. The molecule has 0 aromatic rings. The normalized spacial score (nSPS) is 23.2. The Balaban J connectivity index is 2.39. The van der Waals surface area contributed by atoms with Crippen LogP contribution in [0.1, 0.15) is 33.1 Å². The van der Waals surface area contributed by atoms with Crippen molar-refractivity contribution < 1.29 is 9.53 Å². The molecule has 2 nitrogen and oxygen atoms in total. The third-order valence-corrected chi connectivity index (χ3v) is 2.09. The molecule has 1 unspecified atom stereocenters. The van der Waals surface area contributed by atoms with Gasteiger partial charge in [-0.2, -0.15) is 0 Å². The summed E-state index contributed by atoms with van der Waals surface area (Å²) in [4.78, 5) is 11.2. The summed E-state index contributed by atoms with van der Waals surface area (Å²) in [5.74, 6) is 0.104. The van der Waals surface area contributed by atoms with Crippen LogP contribution in [0, 0.1) is 5.92 Å². The SMILES string of the molecule is CC(C)=CCC1CCCOC1=O. The number of cyclic esters (lactones) is 1. The summed E-state index contributed by atoms with van der Waals surface area (Å²) < 4.78 is 4.95. The Morgan fingerprint density at radius 2 is 2.42 bits per heavy atom. The Hall–Kier alpha value is -0.790. The van der Waals surface area contributed by atoms with Gasteiger partial charge < -0.3 is 4.74 Å². The lowest BCUT2D eigenvalue weighted by Crippen LogP contribution is -2.23. The molecule has 1 rings (SSSR count). The standard InChI is InChI=1S/C10H16O2/c1-8(2)5-6-9-4-3-7-12-10(9)11/h5,9H,3-4,6-7H2,1-2H3. The van der Waals surface area contributed by atoms with E-state index in [1.807, 2.05) is 13.8 Å². The molecule has 68 valence electrons. The van der Waals surface area contributed by atoms with Crippen molar-refractivity contribution in [1.82, 2.24) is 0 Å². The lowest BCUT2D eigenvalue weighted by atomic mass is 9.97. The number of carbonyl (C=O) groups excluding carboxylic acids is 1. The first-order valence-corrected chi connectivity index (χ1v) is 4.50. The highest BCUT2D eigenvalue weighted by Crippen LogP contribution is 2.19. The first kappa shape index (κ1) is 9.30. The average Bonchev–Trinajstić information content (AvgIpc) is 2.03. The molecule has 0 amide bonds. The second kappa shape index (κ2) is 4.29. The van der Waals surface area contributed by atoms with E-state index in [9.17, 15) is 4.79 Å². The third-order valence-electron chi connectivity index (χ3n) is 2.09. The van der Waals surface area contributed by atoms with Gasteiger partial charge in [0.1, 0.15) is 0 Å². The number of carbonyl (C=O) groups is 1. The molecule has 12 heavy (non-hydrogen) atoms. The molecule has 1 saturated heterocycles. The van der Waals surface area contributed by atoms with Crippen LogP contribution in [-0.2, 0) is 9.53 Å². The quantitative estimate of drug-likeness (QED) is 0.467. The molecule has 1 heterocycles. The molecule has 0 aromatic heterocycles. The summed E-state index contributed by atoms with van der Waals surface area (Å²) in [6.07, 6.45) is 4.97. The minimum absolute atomic E-state index is 0.0150. The molecule has 0 aliphatic carbocycles. The highest BCUT2D eigenvalue weighted by Gasteiger charge is 2.22. The van der Waals surface area contributed by atoms with Gasteiger partial charge in [0.05, 0.1) is 12.5 Å². The van der Waals surface area contributed by atoms with Crippen molar-refractivity contribution in [3.8, 4) is 0 Å². The molecule has 0 N–H and O–H groups in total. The van der Waals surface area contributed by atoms with E-state index in [0.717, 1.165) is 19.3 Å². The van der Waals surface area contributed by atoms with E-state index in [1.54, 1.807) is 0 Å². The summed E-state index contributed by atoms with van der Waals surface area (Å²) in [6, 6.07) is 0. The monoisotopic (exact) mass is 168 g/mol. The lowest BCUT2D eigenvalue weighted by molar-refractivity contribution is -0.152. The van der Waals surface area contributed by atoms with Crippen molar-refractivity contribution in [1.29, 1.82) is 0 Å². The Labute approximate surface area is 73.6 Å². The van der Waals surface area contributed by atoms with Crippen LogP contribution in [0.25, 0.3) is 0 Å². The van der Waals surface area contributed by atoms with Crippen molar-refractivity contribution in [3.05, 3.63) is 11.6 Å². The van der Waals surface area contributed by atoms with Gasteiger partial charge in [0.25, 0.3) is 0 Å². The summed E-state index contributed by atoms with van der Waals surface area (Å²) in [7, 11) is 0. The predicted molar refractivity (Wildman–Crippen MR) is 47.7 cm³/mol. The van der Waals surface area contributed by atoms with Gasteiger partial charge in [0.15, 0.2) is 0 Å². The zero-order valence-corrected chi connectivity index (χ0v) is 7.80. The molecular weight excluding hydrogens is 152 g/mol. The molecule has 1 aliphatic rings. The van der Waals surface area contributed by atoms with Crippen LogP contribution in [-0.4, -0.2) is 12.6 Å². The van der Waals surface area contributed by atoms with Crippen LogP contribution in [0.15, 0.2) is 11.6 Å². The van der Waals surface area contributed by atoms with E-state index in [0.29, 0.717) is 6.61 Å². The van der Waals surface area contributed by atoms with Crippen molar-refractivity contribution in [2.75, 3.05) is 6.61 Å². The maximum atomic E-state index is 11.2. The third kappa shape index (κ3) is 2.68. The Morgan fingerprint density at radius 1 is 1.67 bits per heavy atom. The molecule has 0 saturated carbocycles. The zero-order chi connectivity index (χ0) is 8.97. The second-order valence-electron chi connectivity index (χ2n) is 3.52. The van der Waals surface area contributed by atoms with Gasteiger partial charge >= 0.3 is 5.97 Å². The number of rotatable bonds is 2. The van der Waals surface area contributed by atoms with Gasteiger partial charge in [-0.3, -0.25) is 4.79 Å². The smallest absolute Gasteiger partial charge is 0.309 e. The summed E-state index contributed by atoms with van der Waals surface area (Å²) in [5, 5.41) is 0. The van der Waals surface area contributed by atoms with Crippen LogP contribution >= 0.6 is 0 Å².